The number of aryl methyl sites for hydroxylation is 2. The third kappa shape index (κ3) is 4.93. The number of amidine groups is 1. The third-order valence-electron chi connectivity index (χ3n) is 5.98. The predicted octanol–water partition coefficient (Wildman–Crippen LogP) is 3.99. The second-order valence-corrected chi connectivity index (χ2v) is 8.51. The minimum Gasteiger partial charge on any atom is -0.418 e. The van der Waals surface area contributed by atoms with E-state index in [2.05, 4.69) is 27.6 Å². The largest absolute Gasteiger partial charge is 0.418 e. The molecule has 35 heavy (non-hydrogen) atoms. The second-order valence-electron chi connectivity index (χ2n) is 8.51. The molecule has 0 aliphatic carbocycles. The van der Waals surface area contributed by atoms with E-state index >= 15 is 0 Å². The van der Waals surface area contributed by atoms with Gasteiger partial charge in [-0.15, -0.1) is 4.99 Å². The van der Waals surface area contributed by atoms with Crippen LogP contribution in [0.15, 0.2) is 76.1 Å². The number of hydrogen-bond acceptors (Lipinski definition) is 6. The Bertz CT molecular complexity index is 1310. The molecule has 178 valence electrons. The van der Waals surface area contributed by atoms with Gasteiger partial charge in [-0.25, -0.2) is 4.79 Å². The maximum Gasteiger partial charge on any atom is 0.348 e. The number of hydrogen-bond donors (Lipinski definition) is 1. The molecule has 3 amide bonds. The lowest BCUT2D eigenvalue weighted by molar-refractivity contribution is -0.114. The summed E-state index contributed by atoms with van der Waals surface area (Å²) >= 11 is 0. The molecular weight excluding hydrogens is 446 g/mol. The number of ether oxygens (including phenoxy) is 1. The molecule has 0 atom stereocenters. The molecule has 0 radical (unpaired) electrons. The van der Waals surface area contributed by atoms with Crippen LogP contribution in [0.4, 0.5) is 10.5 Å². The molecule has 9 nitrogen and oxygen atoms in total. The normalized spacial score (nSPS) is 15.2. The van der Waals surface area contributed by atoms with E-state index in [9.17, 15) is 9.59 Å². The van der Waals surface area contributed by atoms with Gasteiger partial charge < -0.3 is 19.5 Å². The molecule has 5 rings (SSSR count). The van der Waals surface area contributed by atoms with Crippen molar-refractivity contribution in [2.75, 3.05) is 18.4 Å². The SMILES string of the molecule is Cc1noc(C)c1CN1CCN2C=C(C(=O)Nc3cccc(Cc4ccccc4)c3)OC2=NC1=O. The Morgan fingerprint density at radius 2 is 1.86 bits per heavy atom. The molecule has 1 N–H and O–H groups in total. The van der Waals surface area contributed by atoms with Gasteiger partial charge in [-0.1, -0.05) is 47.6 Å². The Morgan fingerprint density at radius 1 is 1.06 bits per heavy atom. The average molecular weight is 472 g/mol. The third-order valence-corrected chi connectivity index (χ3v) is 5.98. The number of carbonyl (C=O) groups excluding carboxylic acids is 2. The van der Waals surface area contributed by atoms with E-state index in [1.54, 1.807) is 16.0 Å². The van der Waals surface area contributed by atoms with Gasteiger partial charge >= 0.3 is 12.1 Å². The lowest BCUT2D eigenvalue weighted by Crippen LogP contribution is -2.32. The maximum absolute atomic E-state index is 12.8. The monoisotopic (exact) mass is 471 g/mol. The number of nitrogens with one attached hydrogen (secondary N) is 1. The summed E-state index contributed by atoms with van der Waals surface area (Å²) in [5.41, 5.74) is 4.55. The van der Waals surface area contributed by atoms with Gasteiger partial charge in [0.2, 0.25) is 5.76 Å². The topological polar surface area (TPSA) is 100 Å². The molecule has 0 fully saturated rings. The zero-order valence-corrected chi connectivity index (χ0v) is 19.5. The van der Waals surface area contributed by atoms with Crippen LogP contribution in [0, 0.1) is 13.8 Å². The van der Waals surface area contributed by atoms with Crippen molar-refractivity contribution in [3.8, 4) is 0 Å². The van der Waals surface area contributed by atoms with Crippen LogP contribution in [0.1, 0.15) is 28.1 Å². The number of fused-ring (bicyclic) bond motifs is 1. The number of rotatable bonds is 6. The fourth-order valence-corrected chi connectivity index (χ4v) is 4.06. The number of amides is 3. The van der Waals surface area contributed by atoms with Gasteiger partial charge in [0.1, 0.15) is 5.76 Å². The predicted molar refractivity (Wildman–Crippen MR) is 129 cm³/mol. The molecule has 2 aliphatic heterocycles. The van der Waals surface area contributed by atoms with Crippen molar-refractivity contribution in [2.24, 2.45) is 4.99 Å². The van der Waals surface area contributed by atoms with Crippen molar-refractivity contribution in [3.05, 3.63) is 94.7 Å². The van der Waals surface area contributed by atoms with Crippen molar-refractivity contribution in [1.29, 1.82) is 0 Å². The molecule has 3 heterocycles. The summed E-state index contributed by atoms with van der Waals surface area (Å²) in [6, 6.07) is 17.5. The first-order valence-corrected chi connectivity index (χ1v) is 11.4. The summed E-state index contributed by atoms with van der Waals surface area (Å²) in [4.78, 5) is 32.9. The summed E-state index contributed by atoms with van der Waals surface area (Å²) in [5, 5.41) is 6.81. The zero-order chi connectivity index (χ0) is 24.4. The maximum atomic E-state index is 12.8. The summed E-state index contributed by atoms with van der Waals surface area (Å²) in [5.74, 6) is 0.359. The number of carbonyl (C=O) groups is 2. The quantitative estimate of drug-likeness (QED) is 0.584. The number of benzene rings is 2. The molecule has 0 bridgehead atoms. The molecule has 0 unspecified atom stereocenters. The molecule has 0 spiro atoms. The minimum absolute atomic E-state index is 0.0872. The molecule has 0 saturated carbocycles. The standard InChI is InChI=1S/C26H25N5O4/c1-17-22(18(2)35-29-17)15-30-11-12-31-16-23(34-26(31)28-25(30)33)24(32)27-21-10-6-9-20(14-21)13-19-7-4-3-5-8-19/h3-10,14,16H,11-13,15H2,1-2H3,(H,27,32). The highest BCUT2D eigenvalue weighted by Gasteiger charge is 2.32. The van der Waals surface area contributed by atoms with Crippen LogP contribution in [0.5, 0.6) is 0 Å². The number of nitrogens with zero attached hydrogens (tertiary/aromatic N) is 4. The van der Waals surface area contributed by atoms with Crippen LogP contribution in [-0.2, 0) is 22.5 Å². The zero-order valence-electron chi connectivity index (χ0n) is 19.5. The van der Waals surface area contributed by atoms with Crippen LogP contribution >= 0.6 is 0 Å². The van der Waals surface area contributed by atoms with Gasteiger partial charge in [0, 0.05) is 24.3 Å². The first kappa shape index (κ1) is 22.4. The summed E-state index contributed by atoms with van der Waals surface area (Å²) < 4.78 is 10.8. The summed E-state index contributed by atoms with van der Waals surface area (Å²) in [7, 11) is 0. The number of urea groups is 1. The number of aliphatic imine (C=N–C) groups is 1. The number of aromatic nitrogens is 1. The molecule has 2 aliphatic rings. The van der Waals surface area contributed by atoms with Gasteiger partial charge in [-0.05, 0) is 43.5 Å². The number of anilines is 1. The fourth-order valence-electron chi connectivity index (χ4n) is 4.06. The summed E-state index contributed by atoms with van der Waals surface area (Å²) in [6.45, 7) is 4.85. The van der Waals surface area contributed by atoms with Crippen molar-refractivity contribution < 1.29 is 18.8 Å². The van der Waals surface area contributed by atoms with Crippen LogP contribution in [-0.4, -0.2) is 46.0 Å². The van der Waals surface area contributed by atoms with E-state index in [0.717, 1.165) is 23.2 Å². The lowest BCUT2D eigenvalue weighted by Gasteiger charge is -2.19. The van der Waals surface area contributed by atoms with Crippen molar-refractivity contribution in [1.82, 2.24) is 15.0 Å². The Labute approximate surface area is 202 Å². The van der Waals surface area contributed by atoms with Gasteiger partial charge in [-0.2, -0.15) is 0 Å². The van der Waals surface area contributed by atoms with E-state index in [4.69, 9.17) is 9.26 Å². The molecule has 0 saturated heterocycles. The highest BCUT2D eigenvalue weighted by atomic mass is 16.5. The molecule has 1 aromatic heterocycles. The molecule has 2 aromatic carbocycles. The van der Waals surface area contributed by atoms with Gasteiger partial charge in [-0.3, -0.25) is 9.69 Å². The van der Waals surface area contributed by atoms with E-state index in [0.29, 0.717) is 31.1 Å². The molecule has 9 heteroatoms. The van der Waals surface area contributed by atoms with Gasteiger partial charge in [0.05, 0.1) is 18.4 Å². The first-order chi connectivity index (χ1) is 17.0. The second kappa shape index (κ2) is 9.46. The molecular formula is C26H25N5O4. The minimum atomic E-state index is -0.439. The van der Waals surface area contributed by atoms with E-state index in [-0.39, 0.29) is 11.8 Å². The van der Waals surface area contributed by atoms with Crippen molar-refractivity contribution >= 4 is 23.6 Å². The van der Waals surface area contributed by atoms with Crippen LogP contribution in [0.3, 0.4) is 0 Å². The van der Waals surface area contributed by atoms with E-state index in [1.165, 1.54) is 5.56 Å². The molecule has 3 aromatic rings. The van der Waals surface area contributed by atoms with Crippen LogP contribution < -0.4 is 5.32 Å². The van der Waals surface area contributed by atoms with Crippen LogP contribution in [0.2, 0.25) is 0 Å². The lowest BCUT2D eigenvalue weighted by atomic mass is 10.0. The van der Waals surface area contributed by atoms with Crippen LogP contribution in [0.25, 0.3) is 0 Å². The van der Waals surface area contributed by atoms with E-state index < -0.39 is 11.9 Å². The Morgan fingerprint density at radius 3 is 2.63 bits per heavy atom. The highest BCUT2D eigenvalue weighted by molar-refractivity contribution is 6.06. The first-order valence-electron chi connectivity index (χ1n) is 11.4. The Balaban J connectivity index is 1.23. The van der Waals surface area contributed by atoms with Crippen molar-refractivity contribution in [2.45, 2.75) is 26.8 Å². The summed E-state index contributed by atoms with van der Waals surface area (Å²) in [6.07, 6.45) is 2.34. The Hall–Kier alpha value is -4.40. The Kier molecular flexibility index (Phi) is 6.05. The average Bonchev–Trinajstić information content (AvgIpc) is 3.35. The highest BCUT2D eigenvalue weighted by Crippen LogP contribution is 2.22. The van der Waals surface area contributed by atoms with E-state index in [1.807, 2.05) is 56.3 Å². The smallest absolute Gasteiger partial charge is 0.348 e. The van der Waals surface area contributed by atoms with Gasteiger partial charge in [0.25, 0.3) is 5.91 Å². The van der Waals surface area contributed by atoms with Gasteiger partial charge in [0.15, 0.2) is 0 Å². The van der Waals surface area contributed by atoms with Crippen molar-refractivity contribution in [3.63, 3.8) is 0 Å². The fraction of sp³-hybridized carbons (Fsp3) is 0.231.